The average molecular weight is 488 g/mol. The molecule has 0 unspecified atom stereocenters. The van der Waals surface area contributed by atoms with Crippen LogP contribution in [0, 0.1) is 5.92 Å². The number of aromatic nitrogens is 5. The van der Waals surface area contributed by atoms with Gasteiger partial charge in [0.1, 0.15) is 24.2 Å². The van der Waals surface area contributed by atoms with Gasteiger partial charge < -0.3 is 26.4 Å². The smallest absolute Gasteiger partial charge is 0.405 e. The minimum Gasteiger partial charge on any atom is -0.497 e. The number of methoxy groups -OCH3 is 1. The molecule has 5 N–H and O–H groups in total. The number of halogens is 3. The first-order chi connectivity index (χ1) is 16.1. The van der Waals surface area contributed by atoms with Crippen LogP contribution < -0.4 is 26.4 Å². The van der Waals surface area contributed by atoms with E-state index < -0.39 is 24.7 Å². The van der Waals surface area contributed by atoms with Crippen LogP contribution in [0.15, 0.2) is 36.5 Å². The second kappa shape index (κ2) is 10.2. The zero-order valence-electron chi connectivity index (χ0n) is 18.6. The summed E-state index contributed by atoms with van der Waals surface area (Å²) in [5.74, 6) is -0.00991. The lowest BCUT2D eigenvalue weighted by atomic mass is 10.0. The van der Waals surface area contributed by atoms with Crippen molar-refractivity contribution in [2.75, 3.05) is 30.0 Å². The highest BCUT2D eigenvalue weighted by atomic mass is 19.4. The molecule has 3 aromatic rings. The third-order valence-electron chi connectivity index (χ3n) is 4.53. The molecule has 0 aliphatic carbocycles. The number of nitrogens with zero attached hydrogens (tertiary/aromatic N) is 5. The molecule has 0 aliphatic rings. The Balaban J connectivity index is 0. The van der Waals surface area contributed by atoms with Crippen LogP contribution in [0.25, 0.3) is 5.95 Å². The summed E-state index contributed by atoms with van der Waals surface area (Å²) in [7, 11) is 1.56. The molecule has 0 aliphatic heterocycles. The van der Waals surface area contributed by atoms with Crippen molar-refractivity contribution in [3.8, 4) is 11.7 Å². The van der Waals surface area contributed by atoms with Crippen LogP contribution in [0.4, 0.5) is 36.6 Å². The maximum atomic E-state index is 12.5. The molecule has 2 aromatic heterocycles. The zero-order chi connectivity index (χ0) is 24.9. The van der Waals surface area contributed by atoms with Gasteiger partial charge in [0.05, 0.1) is 7.11 Å². The van der Waals surface area contributed by atoms with E-state index in [4.69, 9.17) is 10.5 Å². The van der Waals surface area contributed by atoms with E-state index in [0.717, 1.165) is 0 Å². The molecule has 1 aromatic carbocycles. The number of amides is 1. The summed E-state index contributed by atoms with van der Waals surface area (Å²) in [6.07, 6.45) is -3.12. The van der Waals surface area contributed by atoms with Gasteiger partial charge in [-0.2, -0.15) is 27.8 Å². The fraction of sp³-hybridized carbons (Fsp3) is 0.350. The van der Waals surface area contributed by atoms with Crippen molar-refractivity contribution < 1.29 is 28.4 Å². The summed E-state index contributed by atoms with van der Waals surface area (Å²) < 4.78 is 43.7. The predicted molar refractivity (Wildman–Crippen MR) is 127 cm³/mol. The highest BCUT2D eigenvalue weighted by Crippen LogP contribution is 2.20. The Hall–Kier alpha value is -4.10. The monoisotopic (exact) mass is 487 g/mol. The van der Waals surface area contributed by atoms with Gasteiger partial charge in [0, 0.05) is 17.6 Å². The van der Waals surface area contributed by atoms with Crippen molar-refractivity contribution in [2.24, 2.45) is 5.92 Å². The number of rotatable bonds is 9. The van der Waals surface area contributed by atoms with E-state index in [-0.39, 0.29) is 35.3 Å². The Morgan fingerprint density at radius 3 is 2.53 bits per heavy atom. The fourth-order valence-corrected chi connectivity index (χ4v) is 2.85. The molecular weight excluding hydrogens is 455 g/mol. The number of carbonyl (C=O) groups excluding carboxylic acids is 1. The molecule has 0 spiro atoms. The standard InChI is InChI=1S/C20H24F3N9O2.4H2/c1-11(2)15(16(33)26-10-20(21,22)23)28-14-8-9-25-19(29-14)32-17(24)30-18(31-32)27-12-4-6-13(34-3)7-5-12;;;;/h4-9,11,15H,10H2,1-3H3,(H,26,33)(H,25,28,29)(H3,24,27,30,31);4*1H/t15-;;;;/m1..../s1. The first-order valence-corrected chi connectivity index (χ1v) is 10.1. The Morgan fingerprint density at radius 2 is 1.91 bits per heavy atom. The number of benzene rings is 1. The van der Waals surface area contributed by atoms with Crippen LogP contribution in [-0.2, 0) is 4.79 Å². The van der Waals surface area contributed by atoms with Gasteiger partial charge in [0.2, 0.25) is 17.8 Å². The Labute approximate surface area is 198 Å². The minimum atomic E-state index is -4.51. The Kier molecular flexibility index (Phi) is 7.38. The lowest BCUT2D eigenvalue weighted by Gasteiger charge is -2.22. The number of ether oxygens (including phenoxy) is 1. The van der Waals surface area contributed by atoms with Gasteiger partial charge in [-0.25, -0.2) is 4.98 Å². The van der Waals surface area contributed by atoms with E-state index in [1.54, 1.807) is 45.2 Å². The highest BCUT2D eigenvalue weighted by molar-refractivity contribution is 5.84. The van der Waals surface area contributed by atoms with E-state index >= 15 is 0 Å². The third-order valence-corrected chi connectivity index (χ3v) is 4.53. The first-order valence-electron chi connectivity index (χ1n) is 10.1. The molecule has 34 heavy (non-hydrogen) atoms. The quantitative estimate of drug-likeness (QED) is 0.356. The topological polar surface area (TPSA) is 145 Å². The summed E-state index contributed by atoms with van der Waals surface area (Å²) in [6.45, 7) is 1.96. The largest absolute Gasteiger partial charge is 0.497 e. The van der Waals surface area contributed by atoms with Crippen molar-refractivity contribution in [3.63, 3.8) is 0 Å². The van der Waals surface area contributed by atoms with Crippen molar-refractivity contribution in [1.82, 2.24) is 30.0 Å². The lowest BCUT2D eigenvalue weighted by molar-refractivity contribution is -0.139. The van der Waals surface area contributed by atoms with Crippen molar-refractivity contribution in [2.45, 2.75) is 26.1 Å². The second-order valence-electron chi connectivity index (χ2n) is 7.50. The Morgan fingerprint density at radius 1 is 1.21 bits per heavy atom. The fourth-order valence-electron chi connectivity index (χ4n) is 2.85. The molecule has 14 heteroatoms. The minimum absolute atomic E-state index is 0. The lowest BCUT2D eigenvalue weighted by Crippen LogP contribution is -2.46. The zero-order valence-corrected chi connectivity index (χ0v) is 18.6. The number of carbonyl (C=O) groups is 1. The summed E-state index contributed by atoms with van der Waals surface area (Å²) >= 11 is 0. The summed E-state index contributed by atoms with van der Waals surface area (Å²) in [6, 6.07) is 7.57. The van der Waals surface area contributed by atoms with E-state index in [0.29, 0.717) is 11.4 Å². The molecule has 0 saturated heterocycles. The number of nitrogens with one attached hydrogen (secondary N) is 3. The van der Waals surface area contributed by atoms with Gasteiger partial charge in [0.15, 0.2) is 0 Å². The molecule has 3 rings (SSSR count). The van der Waals surface area contributed by atoms with E-state index in [1.807, 2.05) is 5.32 Å². The number of nitrogens with two attached hydrogens (primary N) is 1. The van der Waals surface area contributed by atoms with E-state index in [2.05, 4.69) is 30.7 Å². The van der Waals surface area contributed by atoms with Crippen molar-refractivity contribution in [3.05, 3.63) is 36.5 Å². The van der Waals surface area contributed by atoms with Crippen LogP contribution in [-0.4, -0.2) is 56.5 Å². The summed E-state index contributed by atoms with van der Waals surface area (Å²) in [5.41, 5.74) is 6.65. The molecule has 2 heterocycles. The van der Waals surface area contributed by atoms with Gasteiger partial charge in [-0.3, -0.25) is 4.79 Å². The maximum absolute atomic E-state index is 12.5. The number of hydrogen-bond donors (Lipinski definition) is 4. The van der Waals surface area contributed by atoms with Crippen LogP contribution in [0.5, 0.6) is 5.75 Å². The molecule has 190 valence electrons. The van der Waals surface area contributed by atoms with Gasteiger partial charge >= 0.3 is 6.18 Å². The SMILES string of the molecule is COc1ccc(Nc2nc(N)n(-c3nccc(N[C@@H](C(=O)NCC(F)(F)F)C(C)C)n3)n2)cc1.[HH].[HH].[HH].[HH]. The second-order valence-corrected chi connectivity index (χ2v) is 7.50. The van der Waals surface area contributed by atoms with Gasteiger partial charge in [-0.05, 0) is 36.2 Å². The third kappa shape index (κ3) is 6.46. The maximum Gasteiger partial charge on any atom is 0.405 e. The average Bonchev–Trinajstić information content (AvgIpc) is 3.15. The van der Waals surface area contributed by atoms with Crippen LogP contribution in [0.3, 0.4) is 0 Å². The first kappa shape index (κ1) is 24.5. The van der Waals surface area contributed by atoms with Gasteiger partial charge in [0.25, 0.3) is 5.95 Å². The molecule has 0 radical (unpaired) electrons. The summed E-state index contributed by atoms with van der Waals surface area (Å²) in [4.78, 5) is 24.8. The number of alkyl halides is 3. The van der Waals surface area contributed by atoms with Crippen molar-refractivity contribution in [1.29, 1.82) is 0 Å². The van der Waals surface area contributed by atoms with E-state index in [9.17, 15) is 18.0 Å². The highest BCUT2D eigenvalue weighted by Gasteiger charge is 2.30. The molecule has 1 atom stereocenters. The van der Waals surface area contributed by atoms with Crippen LogP contribution in [0.2, 0.25) is 0 Å². The normalized spacial score (nSPS) is 12.3. The van der Waals surface area contributed by atoms with Gasteiger partial charge in [-0.1, -0.05) is 13.8 Å². The number of anilines is 4. The Bertz CT molecular complexity index is 1140. The molecule has 11 nitrogen and oxygen atoms in total. The van der Waals surface area contributed by atoms with Gasteiger partial charge in [-0.15, -0.1) is 5.10 Å². The molecule has 0 saturated carbocycles. The van der Waals surface area contributed by atoms with Crippen molar-refractivity contribution >= 4 is 29.3 Å². The molecular formula is C20H32F3N9O2. The molecule has 1 amide bonds. The summed E-state index contributed by atoms with van der Waals surface area (Å²) in [5, 5.41) is 12.0. The predicted octanol–water partition coefficient (Wildman–Crippen LogP) is 3.49. The molecule has 0 fully saturated rings. The van der Waals surface area contributed by atoms with E-state index in [1.165, 1.54) is 16.9 Å². The number of nitrogen functional groups attached to an aromatic ring is 1. The number of hydrogen-bond acceptors (Lipinski definition) is 9. The molecule has 0 bridgehead atoms. The van der Waals surface area contributed by atoms with Crippen LogP contribution >= 0.6 is 0 Å². The van der Waals surface area contributed by atoms with Crippen LogP contribution in [0.1, 0.15) is 19.6 Å².